The number of nitrogens with one attached hydrogen (secondary N) is 1. The molecule has 122 valence electrons. The lowest BCUT2D eigenvalue weighted by Crippen LogP contribution is -2.13. The number of halogens is 2. The summed E-state index contributed by atoms with van der Waals surface area (Å²) in [5.41, 5.74) is 0.315. The van der Waals surface area contributed by atoms with E-state index in [1.54, 1.807) is 18.2 Å². The molecule has 0 atom stereocenters. The first-order chi connectivity index (χ1) is 11.0. The van der Waals surface area contributed by atoms with Crippen molar-refractivity contribution in [1.82, 2.24) is 0 Å². The fourth-order valence-electron chi connectivity index (χ4n) is 2.08. The Morgan fingerprint density at radius 1 is 1.04 bits per heavy atom. The molecule has 1 aliphatic heterocycles. The highest BCUT2D eigenvalue weighted by atomic mass is 35.5. The van der Waals surface area contributed by atoms with Gasteiger partial charge in [-0.15, -0.1) is 0 Å². The SMILES string of the molecule is O=S(=O)(Nc1ccc2c(c1)OCCCO2)c1ccc(F)c(Cl)c1. The van der Waals surface area contributed by atoms with Crippen LogP contribution in [0.25, 0.3) is 0 Å². The lowest BCUT2D eigenvalue weighted by molar-refractivity contribution is 0.297. The Morgan fingerprint density at radius 2 is 1.78 bits per heavy atom. The van der Waals surface area contributed by atoms with Crippen molar-refractivity contribution in [1.29, 1.82) is 0 Å². The van der Waals surface area contributed by atoms with Gasteiger partial charge in [0, 0.05) is 12.5 Å². The summed E-state index contributed by atoms with van der Waals surface area (Å²) in [5.74, 6) is 0.358. The highest BCUT2D eigenvalue weighted by Gasteiger charge is 2.18. The largest absolute Gasteiger partial charge is 0.490 e. The minimum Gasteiger partial charge on any atom is -0.490 e. The predicted molar refractivity (Wildman–Crippen MR) is 84.3 cm³/mol. The Balaban J connectivity index is 1.88. The van der Waals surface area contributed by atoms with Gasteiger partial charge in [0.15, 0.2) is 11.5 Å². The molecule has 0 bridgehead atoms. The summed E-state index contributed by atoms with van der Waals surface area (Å²) in [6.45, 7) is 1.04. The monoisotopic (exact) mass is 357 g/mol. The number of benzene rings is 2. The molecule has 1 heterocycles. The second kappa shape index (κ2) is 6.25. The number of hydrogen-bond acceptors (Lipinski definition) is 4. The van der Waals surface area contributed by atoms with Gasteiger partial charge >= 0.3 is 0 Å². The molecule has 0 saturated heterocycles. The van der Waals surface area contributed by atoms with E-state index in [1.165, 1.54) is 0 Å². The van der Waals surface area contributed by atoms with Gasteiger partial charge in [-0.1, -0.05) is 11.6 Å². The molecule has 0 unspecified atom stereocenters. The molecular formula is C15H13ClFNO4S. The van der Waals surface area contributed by atoms with Crippen LogP contribution in [0.2, 0.25) is 5.02 Å². The number of sulfonamides is 1. The number of ether oxygens (including phenoxy) is 2. The molecule has 5 nitrogen and oxygen atoms in total. The van der Waals surface area contributed by atoms with Crippen LogP contribution in [0.1, 0.15) is 6.42 Å². The van der Waals surface area contributed by atoms with Gasteiger partial charge in [0.1, 0.15) is 5.82 Å². The lowest BCUT2D eigenvalue weighted by Gasteiger charge is -2.12. The Kier molecular flexibility index (Phi) is 4.32. The van der Waals surface area contributed by atoms with Crippen molar-refractivity contribution >= 4 is 27.3 Å². The molecule has 0 radical (unpaired) electrons. The molecule has 0 saturated carbocycles. The molecule has 0 aliphatic carbocycles. The lowest BCUT2D eigenvalue weighted by atomic mass is 10.3. The average Bonchev–Trinajstić information content (AvgIpc) is 2.74. The van der Waals surface area contributed by atoms with E-state index in [4.69, 9.17) is 21.1 Å². The first-order valence-electron chi connectivity index (χ1n) is 6.83. The standard InChI is InChI=1S/C15H13ClFNO4S/c16-12-9-11(3-4-13(12)17)23(19,20)18-10-2-5-14-15(8-10)22-7-1-6-21-14/h2-5,8-9,18H,1,6-7H2. The van der Waals surface area contributed by atoms with Crippen LogP contribution in [0.4, 0.5) is 10.1 Å². The zero-order valence-electron chi connectivity index (χ0n) is 11.9. The molecule has 8 heteroatoms. The minimum absolute atomic E-state index is 0.129. The molecule has 0 amide bonds. The van der Waals surface area contributed by atoms with Gasteiger partial charge in [-0.05, 0) is 30.3 Å². The van der Waals surface area contributed by atoms with E-state index in [2.05, 4.69) is 4.72 Å². The van der Waals surface area contributed by atoms with Crippen molar-refractivity contribution in [2.24, 2.45) is 0 Å². The van der Waals surface area contributed by atoms with Crippen molar-refractivity contribution in [3.8, 4) is 11.5 Å². The molecule has 1 aliphatic rings. The van der Waals surface area contributed by atoms with Crippen molar-refractivity contribution in [3.63, 3.8) is 0 Å². The molecule has 0 fully saturated rings. The van der Waals surface area contributed by atoms with Gasteiger partial charge < -0.3 is 9.47 Å². The van der Waals surface area contributed by atoms with Crippen LogP contribution in [0.5, 0.6) is 11.5 Å². The van der Waals surface area contributed by atoms with E-state index < -0.39 is 15.8 Å². The highest BCUT2D eigenvalue weighted by molar-refractivity contribution is 7.92. The summed E-state index contributed by atoms with van der Waals surface area (Å²) < 4.78 is 51.2. The average molecular weight is 358 g/mol. The van der Waals surface area contributed by atoms with Gasteiger partial charge in [-0.3, -0.25) is 4.72 Å². The fourth-order valence-corrected chi connectivity index (χ4v) is 3.41. The maximum absolute atomic E-state index is 13.2. The molecule has 0 aromatic heterocycles. The van der Waals surface area contributed by atoms with Crippen LogP contribution in [-0.4, -0.2) is 21.6 Å². The number of rotatable bonds is 3. The van der Waals surface area contributed by atoms with E-state index in [1.807, 2.05) is 0 Å². The van der Waals surface area contributed by atoms with Crippen LogP contribution >= 0.6 is 11.6 Å². The Hall–Kier alpha value is -1.99. The number of anilines is 1. The highest BCUT2D eigenvalue weighted by Crippen LogP contribution is 2.33. The van der Waals surface area contributed by atoms with E-state index in [0.717, 1.165) is 24.6 Å². The first kappa shape index (κ1) is 15.9. The van der Waals surface area contributed by atoms with E-state index in [0.29, 0.717) is 30.4 Å². The summed E-state index contributed by atoms with van der Waals surface area (Å²) in [4.78, 5) is -0.129. The molecule has 3 rings (SSSR count). The Morgan fingerprint density at radius 3 is 2.52 bits per heavy atom. The van der Waals surface area contributed by atoms with E-state index in [-0.39, 0.29) is 9.92 Å². The molecular weight excluding hydrogens is 345 g/mol. The topological polar surface area (TPSA) is 64.6 Å². The second-order valence-electron chi connectivity index (χ2n) is 4.89. The van der Waals surface area contributed by atoms with Gasteiger partial charge in [-0.2, -0.15) is 0 Å². The van der Waals surface area contributed by atoms with Crippen LogP contribution < -0.4 is 14.2 Å². The molecule has 23 heavy (non-hydrogen) atoms. The normalized spacial score (nSPS) is 14.2. The van der Waals surface area contributed by atoms with Crippen LogP contribution in [0.15, 0.2) is 41.3 Å². The van der Waals surface area contributed by atoms with Crippen molar-refractivity contribution in [2.45, 2.75) is 11.3 Å². The smallest absolute Gasteiger partial charge is 0.261 e. The number of hydrogen-bond donors (Lipinski definition) is 1. The van der Waals surface area contributed by atoms with Crippen molar-refractivity contribution < 1.29 is 22.3 Å². The predicted octanol–water partition coefficient (Wildman–Crippen LogP) is 3.44. The third-order valence-corrected chi connectivity index (χ3v) is 4.87. The summed E-state index contributed by atoms with van der Waals surface area (Å²) in [6, 6.07) is 7.95. The molecule has 0 spiro atoms. The summed E-state index contributed by atoms with van der Waals surface area (Å²) in [5, 5.41) is -0.258. The third-order valence-electron chi connectivity index (χ3n) is 3.20. The van der Waals surface area contributed by atoms with Crippen LogP contribution in [0.3, 0.4) is 0 Å². The van der Waals surface area contributed by atoms with E-state index >= 15 is 0 Å². The van der Waals surface area contributed by atoms with Crippen molar-refractivity contribution in [2.75, 3.05) is 17.9 Å². The van der Waals surface area contributed by atoms with Gasteiger partial charge in [0.05, 0.1) is 28.8 Å². The summed E-state index contributed by atoms with van der Waals surface area (Å²) in [7, 11) is -3.89. The molecule has 2 aromatic rings. The Bertz CT molecular complexity index is 841. The zero-order valence-corrected chi connectivity index (χ0v) is 13.5. The van der Waals surface area contributed by atoms with Gasteiger partial charge in [-0.25, -0.2) is 12.8 Å². The van der Waals surface area contributed by atoms with E-state index in [9.17, 15) is 12.8 Å². The quantitative estimate of drug-likeness (QED) is 0.913. The second-order valence-corrected chi connectivity index (χ2v) is 6.98. The minimum atomic E-state index is -3.89. The van der Waals surface area contributed by atoms with Gasteiger partial charge in [0.2, 0.25) is 0 Å². The molecule has 2 aromatic carbocycles. The summed E-state index contributed by atoms with van der Waals surface area (Å²) in [6.07, 6.45) is 0.754. The van der Waals surface area contributed by atoms with Crippen LogP contribution in [0, 0.1) is 5.82 Å². The molecule has 1 N–H and O–H groups in total. The third kappa shape index (κ3) is 3.51. The fraction of sp³-hybridized carbons (Fsp3) is 0.200. The maximum Gasteiger partial charge on any atom is 0.261 e. The first-order valence-corrected chi connectivity index (χ1v) is 8.69. The van der Waals surface area contributed by atoms with Crippen molar-refractivity contribution in [3.05, 3.63) is 47.2 Å². The number of fused-ring (bicyclic) bond motifs is 1. The maximum atomic E-state index is 13.2. The Labute approximate surface area is 138 Å². The zero-order chi connectivity index (χ0) is 16.4. The van der Waals surface area contributed by atoms with Crippen LogP contribution in [-0.2, 0) is 10.0 Å². The summed E-state index contributed by atoms with van der Waals surface area (Å²) >= 11 is 5.63. The van der Waals surface area contributed by atoms with Gasteiger partial charge in [0.25, 0.3) is 10.0 Å².